The van der Waals surface area contributed by atoms with Crippen LogP contribution in [-0.2, 0) is 0 Å². The molecule has 0 saturated heterocycles. The lowest BCUT2D eigenvalue weighted by Crippen LogP contribution is -2.49. The zero-order valence-corrected chi connectivity index (χ0v) is 9.40. The number of hydrogen-bond donors (Lipinski definition) is 2. The van der Waals surface area contributed by atoms with Crippen LogP contribution in [0.1, 0.15) is 41.9 Å². The molecular weight excluding hydrogens is 206 g/mol. The predicted molar refractivity (Wildman–Crippen MR) is 58.9 cm³/mol. The third-order valence-electron chi connectivity index (χ3n) is 3.09. The Hall–Kier alpha value is -1.36. The number of amides is 1. The normalized spacial score (nSPS) is 25.4. The van der Waals surface area contributed by atoms with Gasteiger partial charge in [0, 0.05) is 12.1 Å². The Kier molecular flexibility index (Phi) is 3.24. The van der Waals surface area contributed by atoms with Crippen molar-refractivity contribution in [3.63, 3.8) is 0 Å². The number of carbonyl (C=O) groups is 1. The summed E-state index contributed by atoms with van der Waals surface area (Å²) in [4.78, 5) is 15.7. The first-order valence-electron chi connectivity index (χ1n) is 5.65. The van der Waals surface area contributed by atoms with E-state index in [9.17, 15) is 4.79 Å². The predicted octanol–water partition coefficient (Wildman–Crippen LogP) is 0.983. The molecule has 16 heavy (non-hydrogen) atoms. The van der Waals surface area contributed by atoms with Crippen LogP contribution in [0.4, 0.5) is 0 Å². The Bertz CT molecular complexity index is 375. The molecule has 1 saturated carbocycles. The van der Waals surface area contributed by atoms with Crippen molar-refractivity contribution >= 4 is 5.91 Å². The molecule has 0 unspecified atom stereocenters. The van der Waals surface area contributed by atoms with E-state index in [4.69, 9.17) is 10.2 Å². The molecule has 1 aromatic heterocycles. The van der Waals surface area contributed by atoms with Crippen LogP contribution in [0.3, 0.4) is 0 Å². The summed E-state index contributed by atoms with van der Waals surface area (Å²) in [6, 6.07) is 0.117. The number of aromatic nitrogens is 1. The molecule has 1 aromatic rings. The quantitative estimate of drug-likeness (QED) is 0.783. The number of nitrogens with zero attached hydrogens (tertiary/aromatic N) is 1. The first-order chi connectivity index (χ1) is 7.68. The summed E-state index contributed by atoms with van der Waals surface area (Å²) in [5.41, 5.74) is 6.57. The molecule has 2 rings (SSSR count). The van der Waals surface area contributed by atoms with Crippen LogP contribution in [0.2, 0.25) is 0 Å². The van der Waals surface area contributed by atoms with E-state index < -0.39 is 0 Å². The van der Waals surface area contributed by atoms with E-state index in [2.05, 4.69) is 10.3 Å². The van der Waals surface area contributed by atoms with Gasteiger partial charge in [-0.05, 0) is 19.8 Å². The molecule has 1 fully saturated rings. The highest BCUT2D eigenvalue weighted by Gasteiger charge is 2.25. The highest BCUT2D eigenvalue weighted by molar-refractivity contribution is 5.92. The molecule has 1 aliphatic rings. The van der Waals surface area contributed by atoms with E-state index in [1.54, 1.807) is 6.92 Å². The average Bonchev–Trinajstić information content (AvgIpc) is 2.68. The number of oxazole rings is 1. The fourth-order valence-electron chi connectivity index (χ4n) is 2.09. The van der Waals surface area contributed by atoms with E-state index in [0.29, 0.717) is 5.69 Å². The zero-order valence-electron chi connectivity index (χ0n) is 9.40. The van der Waals surface area contributed by atoms with Gasteiger partial charge < -0.3 is 15.5 Å². The second kappa shape index (κ2) is 4.65. The van der Waals surface area contributed by atoms with Gasteiger partial charge in [-0.25, -0.2) is 4.98 Å². The van der Waals surface area contributed by atoms with Gasteiger partial charge in [0.1, 0.15) is 0 Å². The van der Waals surface area contributed by atoms with Crippen molar-refractivity contribution in [1.82, 2.24) is 10.3 Å². The minimum Gasteiger partial charge on any atom is -0.438 e. The second-order valence-corrected chi connectivity index (χ2v) is 4.30. The molecule has 5 heteroatoms. The fraction of sp³-hybridized carbons (Fsp3) is 0.636. The van der Waals surface area contributed by atoms with E-state index >= 15 is 0 Å². The molecule has 2 atom stereocenters. The number of aryl methyl sites for hydroxylation is 1. The third-order valence-corrected chi connectivity index (χ3v) is 3.09. The lowest BCUT2D eigenvalue weighted by molar-refractivity contribution is 0.0892. The zero-order chi connectivity index (χ0) is 11.5. The number of hydrogen-bond acceptors (Lipinski definition) is 4. The van der Waals surface area contributed by atoms with Crippen LogP contribution in [0.25, 0.3) is 0 Å². The van der Waals surface area contributed by atoms with Crippen molar-refractivity contribution in [2.24, 2.45) is 5.73 Å². The Balaban J connectivity index is 1.99. The van der Waals surface area contributed by atoms with E-state index in [1.165, 1.54) is 6.39 Å². The molecule has 1 amide bonds. The van der Waals surface area contributed by atoms with Gasteiger partial charge >= 0.3 is 0 Å². The molecule has 0 spiro atoms. The largest absolute Gasteiger partial charge is 0.438 e. The van der Waals surface area contributed by atoms with Crippen LogP contribution in [0.5, 0.6) is 0 Å². The maximum absolute atomic E-state index is 11.8. The Morgan fingerprint density at radius 3 is 2.94 bits per heavy atom. The summed E-state index contributed by atoms with van der Waals surface area (Å²) in [6.45, 7) is 1.75. The van der Waals surface area contributed by atoms with Gasteiger partial charge in [-0.15, -0.1) is 0 Å². The lowest BCUT2D eigenvalue weighted by Gasteiger charge is -2.28. The Morgan fingerprint density at radius 1 is 1.56 bits per heavy atom. The van der Waals surface area contributed by atoms with E-state index in [1.807, 2.05) is 0 Å². The van der Waals surface area contributed by atoms with Crippen molar-refractivity contribution in [3.8, 4) is 0 Å². The van der Waals surface area contributed by atoms with Gasteiger partial charge in [0.15, 0.2) is 6.39 Å². The number of carbonyl (C=O) groups excluding carboxylic acids is 1. The number of rotatable bonds is 2. The van der Waals surface area contributed by atoms with E-state index in [0.717, 1.165) is 25.7 Å². The first-order valence-corrected chi connectivity index (χ1v) is 5.65. The van der Waals surface area contributed by atoms with Crippen LogP contribution in [-0.4, -0.2) is 23.0 Å². The molecule has 0 aliphatic heterocycles. The van der Waals surface area contributed by atoms with Crippen molar-refractivity contribution in [2.75, 3.05) is 0 Å². The lowest BCUT2D eigenvalue weighted by atomic mass is 9.91. The van der Waals surface area contributed by atoms with Crippen molar-refractivity contribution < 1.29 is 9.21 Å². The van der Waals surface area contributed by atoms with Gasteiger partial charge in [0.25, 0.3) is 5.91 Å². The molecule has 5 nitrogen and oxygen atoms in total. The maximum Gasteiger partial charge on any atom is 0.289 e. The van der Waals surface area contributed by atoms with Gasteiger partial charge in [0.05, 0.1) is 5.69 Å². The van der Waals surface area contributed by atoms with Crippen LogP contribution >= 0.6 is 0 Å². The molecule has 0 aromatic carbocycles. The molecule has 0 radical (unpaired) electrons. The van der Waals surface area contributed by atoms with Gasteiger partial charge in [-0.3, -0.25) is 4.79 Å². The Morgan fingerprint density at radius 2 is 2.31 bits per heavy atom. The standard InChI is InChI=1S/C11H17N3O2/c1-7-10(16-6-13-7)11(15)14-9-5-3-2-4-8(9)12/h6,8-9H,2-5,12H2,1H3,(H,14,15)/t8-,9-/m1/s1. The van der Waals surface area contributed by atoms with Gasteiger partial charge in [-0.1, -0.05) is 12.8 Å². The average molecular weight is 223 g/mol. The summed E-state index contributed by atoms with van der Waals surface area (Å²) in [6.07, 6.45) is 5.47. The number of nitrogens with two attached hydrogens (primary N) is 1. The Labute approximate surface area is 94.4 Å². The highest BCUT2D eigenvalue weighted by Crippen LogP contribution is 2.17. The molecule has 1 heterocycles. The van der Waals surface area contributed by atoms with Crippen LogP contribution < -0.4 is 11.1 Å². The maximum atomic E-state index is 11.8. The van der Waals surface area contributed by atoms with Crippen molar-refractivity contribution in [2.45, 2.75) is 44.7 Å². The topological polar surface area (TPSA) is 81.2 Å². The molecule has 0 bridgehead atoms. The SMILES string of the molecule is Cc1ncoc1C(=O)N[C@@H]1CCCC[C@H]1N. The monoisotopic (exact) mass is 223 g/mol. The third kappa shape index (κ3) is 2.24. The van der Waals surface area contributed by atoms with Crippen LogP contribution in [0.15, 0.2) is 10.8 Å². The second-order valence-electron chi connectivity index (χ2n) is 4.30. The minimum absolute atomic E-state index is 0.0564. The highest BCUT2D eigenvalue weighted by atomic mass is 16.3. The van der Waals surface area contributed by atoms with Gasteiger partial charge in [-0.2, -0.15) is 0 Å². The first kappa shape index (κ1) is 11.1. The van der Waals surface area contributed by atoms with Crippen molar-refractivity contribution in [3.05, 3.63) is 17.8 Å². The van der Waals surface area contributed by atoms with Crippen LogP contribution in [0, 0.1) is 6.92 Å². The van der Waals surface area contributed by atoms with Gasteiger partial charge in [0.2, 0.25) is 5.76 Å². The molecule has 3 N–H and O–H groups in total. The molecule has 88 valence electrons. The smallest absolute Gasteiger partial charge is 0.289 e. The summed E-state index contributed by atoms with van der Waals surface area (Å²) >= 11 is 0. The fourth-order valence-corrected chi connectivity index (χ4v) is 2.09. The molecular formula is C11H17N3O2. The summed E-state index contributed by atoms with van der Waals surface area (Å²) in [5.74, 6) is 0.0788. The van der Waals surface area contributed by atoms with Crippen molar-refractivity contribution in [1.29, 1.82) is 0 Å². The summed E-state index contributed by atoms with van der Waals surface area (Å²) in [5, 5.41) is 2.91. The molecule has 1 aliphatic carbocycles. The number of nitrogens with one attached hydrogen (secondary N) is 1. The minimum atomic E-state index is -0.211. The summed E-state index contributed by atoms with van der Waals surface area (Å²) < 4.78 is 5.04. The van der Waals surface area contributed by atoms with E-state index in [-0.39, 0.29) is 23.8 Å². The summed E-state index contributed by atoms with van der Waals surface area (Å²) in [7, 11) is 0.